The maximum atomic E-state index is 14.2. The highest BCUT2D eigenvalue weighted by Gasteiger charge is 2.29. The summed E-state index contributed by atoms with van der Waals surface area (Å²) in [7, 11) is 3.26. The van der Waals surface area contributed by atoms with Gasteiger partial charge in [-0.15, -0.1) is 0 Å². The van der Waals surface area contributed by atoms with Gasteiger partial charge in [-0.2, -0.15) is 0 Å². The van der Waals surface area contributed by atoms with Gasteiger partial charge >= 0.3 is 0 Å². The molecule has 1 saturated heterocycles. The Hall–Kier alpha value is -4.68. The first-order chi connectivity index (χ1) is 20.6. The van der Waals surface area contributed by atoms with E-state index in [-0.39, 0.29) is 11.9 Å². The number of pyridine rings is 1. The lowest BCUT2D eigenvalue weighted by molar-refractivity contribution is 0.0599. The minimum atomic E-state index is 0.0253. The van der Waals surface area contributed by atoms with E-state index >= 15 is 0 Å². The third kappa shape index (κ3) is 5.46. The monoisotopic (exact) mass is 557 g/mol. The molecule has 0 saturated carbocycles. The number of hydrogen-bond acceptors (Lipinski definition) is 5. The molecular formula is C36H35N3O3. The number of aryl methyl sites for hydroxylation is 1. The Balaban J connectivity index is 1.31. The number of methoxy groups -OCH3 is 2. The van der Waals surface area contributed by atoms with Gasteiger partial charge in [0.25, 0.3) is 5.91 Å². The van der Waals surface area contributed by atoms with Crippen LogP contribution in [0, 0.1) is 6.92 Å². The second kappa shape index (κ2) is 12.0. The van der Waals surface area contributed by atoms with Crippen molar-refractivity contribution in [2.45, 2.75) is 13.0 Å². The Labute approximate surface area is 247 Å². The van der Waals surface area contributed by atoms with E-state index in [1.165, 1.54) is 11.1 Å². The molecule has 6 heteroatoms. The van der Waals surface area contributed by atoms with Crippen molar-refractivity contribution in [2.24, 2.45) is 0 Å². The number of carbonyl (C=O) groups is 1. The molecule has 1 amide bonds. The van der Waals surface area contributed by atoms with Crippen LogP contribution >= 0.6 is 0 Å². The molecule has 42 heavy (non-hydrogen) atoms. The van der Waals surface area contributed by atoms with Crippen LogP contribution in [0.25, 0.3) is 22.2 Å². The van der Waals surface area contributed by atoms with Crippen LogP contribution in [0.5, 0.6) is 11.5 Å². The number of hydrogen-bond donors (Lipinski definition) is 0. The standard InChI is InChI=1S/C36H35N3O3/c1-25-14-17-32-30(22-25)31(24-33(37-32)29-16-15-28(41-2)23-34(29)42-3)36(40)39-20-18-38(19-21-39)35(26-10-6-4-7-11-26)27-12-8-5-9-13-27/h4-17,22-24,35H,18-21H2,1-3H3. The highest BCUT2D eigenvalue weighted by atomic mass is 16.5. The number of amides is 1. The first kappa shape index (κ1) is 27.5. The van der Waals surface area contributed by atoms with Gasteiger partial charge in [0.05, 0.1) is 37.0 Å². The van der Waals surface area contributed by atoms with Crippen LogP contribution in [0.15, 0.2) is 103 Å². The fourth-order valence-corrected chi connectivity index (χ4v) is 5.90. The molecule has 0 atom stereocenters. The lowest BCUT2D eigenvalue weighted by Gasteiger charge is -2.40. The van der Waals surface area contributed by atoms with Crippen LogP contribution in [0.1, 0.15) is 33.1 Å². The lowest BCUT2D eigenvalue weighted by Crippen LogP contribution is -2.49. The van der Waals surface area contributed by atoms with Gasteiger partial charge < -0.3 is 14.4 Å². The van der Waals surface area contributed by atoms with Crippen molar-refractivity contribution in [2.75, 3.05) is 40.4 Å². The molecule has 1 aliphatic heterocycles. The number of ether oxygens (including phenoxy) is 2. The van der Waals surface area contributed by atoms with E-state index in [9.17, 15) is 4.79 Å². The summed E-state index contributed by atoms with van der Waals surface area (Å²) < 4.78 is 11.1. The predicted molar refractivity (Wildman–Crippen MR) is 167 cm³/mol. The normalized spacial score (nSPS) is 13.9. The zero-order valence-corrected chi connectivity index (χ0v) is 24.3. The van der Waals surface area contributed by atoms with Crippen molar-refractivity contribution in [3.63, 3.8) is 0 Å². The largest absolute Gasteiger partial charge is 0.497 e. The van der Waals surface area contributed by atoms with Crippen LogP contribution in [0.2, 0.25) is 0 Å². The Morgan fingerprint density at radius 3 is 2.05 bits per heavy atom. The van der Waals surface area contributed by atoms with Crippen molar-refractivity contribution in [3.8, 4) is 22.8 Å². The molecule has 6 nitrogen and oxygen atoms in total. The Morgan fingerprint density at radius 2 is 1.43 bits per heavy atom. The molecular weight excluding hydrogens is 522 g/mol. The molecule has 6 rings (SSSR count). The molecule has 1 aromatic heterocycles. The summed E-state index contributed by atoms with van der Waals surface area (Å²) in [6.07, 6.45) is 0. The number of aromatic nitrogens is 1. The van der Waals surface area contributed by atoms with Gasteiger partial charge in [-0.1, -0.05) is 72.3 Å². The Morgan fingerprint density at radius 1 is 0.762 bits per heavy atom. The number of carbonyl (C=O) groups excluding carboxylic acids is 1. The fourth-order valence-electron chi connectivity index (χ4n) is 5.90. The number of fused-ring (bicyclic) bond motifs is 1. The van der Waals surface area contributed by atoms with Crippen LogP contribution in [-0.4, -0.2) is 61.1 Å². The minimum absolute atomic E-state index is 0.0253. The molecule has 0 spiro atoms. The number of nitrogens with zero attached hydrogens (tertiary/aromatic N) is 3. The summed E-state index contributed by atoms with van der Waals surface area (Å²) in [6.45, 7) is 4.89. The van der Waals surface area contributed by atoms with Gasteiger partial charge in [-0.25, -0.2) is 4.98 Å². The molecule has 0 aliphatic carbocycles. The van der Waals surface area contributed by atoms with E-state index in [2.05, 4.69) is 71.6 Å². The van der Waals surface area contributed by atoms with E-state index in [1.807, 2.05) is 48.2 Å². The second-order valence-corrected chi connectivity index (χ2v) is 10.7. The summed E-state index contributed by atoms with van der Waals surface area (Å²) in [5.41, 5.74) is 6.56. The molecule has 212 valence electrons. The van der Waals surface area contributed by atoms with Crippen molar-refractivity contribution >= 4 is 16.8 Å². The number of rotatable bonds is 7. The minimum Gasteiger partial charge on any atom is -0.497 e. The molecule has 5 aromatic rings. The molecule has 0 bridgehead atoms. The van der Waals surface area contributed by atoms with E-state index < -0.39 is 0 Å². The summed E-state index contributed by atoms with van der Waals surface area (Å²) in [5.74, 6) is 1.37. The zero-order chi connectivity index (χ0) is 29.1. The first-order valence-electron chi connectivity index (χ1n) is 14.3. The van der Waals surface area contributed by atoms with E-state index in [4.69, 9.17) is 14.5 Å². The van der Waals surface area contributed by atoms with E-state index in [1.54, 1.807) is 14.2 Å². The molecule has 1 aliphatic rings. The van der Waals surface area contributed by atoms with Crippen molar-refractivity contribution in [1.82, 2.24) is 14.8 Å². The average molecular weight is 558 g/mol. The van der Waals surface area contributed by atoms with Crippen LogP contribution in [0.3, 0.4) is 0 Å². The molecule has 0 unspecified atom stereocenters. The first-order valence-corrected chi connectivity index (χ1v) is 14.3. The van der Waals surface area contributed by atoms with Crippen molar-refractivity contribution < 1.29 is 14.3 Å². The highest BCUT2D eigenvalue weighted by Crippen LogP contribution is 2.35. The topological polar surface area (TPSA) is 54.9 Å². The summed E-state index contributed by atoms with van der Waals surface area (Å²) in [6, 6.07) is 35.0. The second-order valence-electron chi connectivity index (χ2n) is 10.7. The van der Waals surface area contributed by atoms with E-state index in [0.717, 1.165) is 35.1 Å². The van der Waals surface area contributed by atoms with Gasteiger partial charge in [-0.3, -0.25) is 9.69 Å². The maximum absolute atomic E-state index is 14.2. The molecule has 0 radical (unpaired) electrons. The predicted octanol–water partition coefficient (Wildman–Crippen LogP) is 6.77. The maximum Gasteiger partial charge on any atom is 0.254 e. The van der Waals surface area contributed by atoms with Crippen molar-refractivity contribution in [3.05, 3.63) is 125 Å². The lowest BCUT2D eigenvalue weighted by atomic mass is 9.96. The number of piperazine rings is 1. The summed E-state index contributed by atoms with van der Waals surface area (Å²) in [4.78, 5) is 23.6. The quantitative estimate of drug-likeness (QED) is 0.221. The molecule has 4 aromatic carbocycles. The Kier molecular flexibility index (Phi) is 7.89. The highest BCUT2D eigenvalue weighted by molar-refractivity contribution is 6.07. The Bertz CT molecular complexity index is 1660. The van der Waals surface area contributed by atoms with E-state index in [0.29, 0.717) is 35.8 Å². The van der Waals surface area contributed by atoms with Crippen molar-refractivity contribution in [1.29, 1.82) is 0 Å². The summed E-state index contributed by atoms with van der Waals surface area (Å²) >= 11 is 0. The SMILES string of the molecule is COc1ccc(-c2cc(C(=O)N3CCN(C(c4ccccc4)c4ccccc4)CC3)c3cc(C)ccc3n2)c(OC)c1. The van der Waals surface area contributed by atoms with Gasteiger partial charge in [-0.05, 0) is 48.4 Å². The third-order valence-corrected chi connectivity index (χ3v) is 8.08. The fraction of sp³-hybridized carbons (Fsp3) is 0.222. The van der Waals surface area contributed by atoms with Gasteiger partial charge in [0.1, 0.15) is 11.5 Å². The average Bonchev–Trinajstić information content (AvgIpc) is 3.05. The summed E-state index contributed by atoms with van der Waals surface area (Å²) in [5, 5.41) is 0.866. The van der Waals surface area contributed by atoms with Gasteiger partial charge in [0.15, 0.2) is 0 Å². The van der Waals surface area contributed by atoms with Crippen LogP contribution < -0.4 is 9.47 Å². The third-order valence-electron chi connectivity index (χ3n) is 8.08. The van der Waals surface area contributed by atoms with Gasteiger partial charge in [0.2, 0.25) is 0 Å². The van der Waals surface area contributed by atoms with Crippen LogP contribution in [-0.2, 0) is 0 Å². The molecule has 2 heterocycles. The van der Waals surface area contributed by atoms with Crippen LogP contribution in [0.4, 0.5) is 0 Å². The molecule has 0 N–H and O–H groups in total. The zero-order valence-electron chi connectivity index (χ0n) is 24.3. The smallest absolute Gasteiger partial charge is 0.254 e. The van der Waals surface area contributed by atoms with Gasteiger partial charge in [0, 0.05) is 43.2 Å². The number of benzene rings is 4. The molecule has 1 fully saturated rings.